The van der Waals surface area contributed by atoms with Crippen molar-refractivity contribution >= 4 is 68.2 Å². The molecule has 8 heteroatoms. The summed E-state index contributed by atoms with van der Waals surface area (Å²) in [4.78, 5) is 21.9. The van der Waals surface area contributed by atoms with Crippen LogP contribution in [0.5, 0.6) is 0 Å². The van der Waals surface area contributed by atoms with E-state index in [1.54, 1.807) is 23.1 Å². The fourth-order valence-electron chi connectivity index (χ4n) is 2.93. The quantitative estimate of drug-likeness (QED) is 0.411. The second kappa shape index (κ2) is 10.6. The van der Waals surface area contributed by atoms with E-state index in [1.807, 2.05) is 20.2 Å². The highest BCUT2D eigenvalue weighted by atomic mass is 35.5. The fourth-order valence-corrected chi connectivity index (χ4v) is 4.47. The van der Waals surface area contributed by atoms with E-state index in [-0.39, 0.29) is 18.3 Å². The first kappa shape index (κ1) is 23.9. The molecule has 0 atom stereocenters. The van der Waals surface area contributed by atoms with Gasteiger partial charge in [-0.05, 0) is 69.4 Å². The molecular weight excluding hydrogens is 449 g/mol. The van der Waals surface area contributed by atoms with Gasteiger partial charge in [0.1, 0.15) is 0 Å². The van der Waals surface area contributed by atoms with Crippen LogP contribution in [0, 0.1) is 0 Å². The number of halogens is 3. The van der Waals surface area contributed by atoms with Crippen LogP contribution >= 0.6 is 46.9 Å². The molecule has 0 spiro atoms. The van der Waals surface area contributed by atoms with Gasteiger partial charge in [0.15, 0.2) is 5.13 Å². The van der Waals surface area contributed by atoms with Gasteiger partial charge in [0, 0.05) is 11.6 Å². The van der Waals surface area contributed by atoms with Gasteiger partial charge < -0.3 is 4.90 Å². The molecule has 0 saturated heterocycles. The first-order valence-electron chi connectivity index (χ1n) is 9.20. The average Bonchev–Trinajstić information content (AvgIpc) is 3.07. The van der Waals surface area contributed by atoms with E-state index in [2.05, 4.69) is 24.0 Å². The summed E-state index contributed by atoms with van der Waals surface area (Å²) < 4.78 is 1.09. The third kappa shape index (κ3) is 5.83. The Morgan fingerprint density at radius 3 is 2.52 bits per heavy atom. The normalized spacial score (nSPS) is 11.0. The maximum atomic E-state index is 13.3. The molecule has 0 aliphatic heterocycles. The van der Waals surface area contributed by atoms with Gasteiger partial charge in [-0.3, -0.25) is 9.69 Å². The van der Waals surface area contributed by atoms with Crippen LogP contribution in [-0.2, 0) is 6.42 Å². The van der Waals surface area contributed by atoms with Crippen LogP contribution in [0.2, 0.25) is 10.0 Å². The number of fused-ring (bicyclic) bond motifs is 1. The summed E-state index contributed by atoms with van der Waals surface area (Å²) in [5.41, 5.74) is 2.60. The third-order valence-electron chi connectivity index (χ3n) is 4.47. The van der Waals surface area contributed by atoms with Crippen molar-refractivity contribution in [3.63, 3.8) is 0 Å². The van der Waals surface area contributed by atoms with Crippen LogP contribution in [0.25, 0.3) is 10.2 Å². The lowest BCUT2D eigenvalue weighted by Gasteiger charge is -2.21. The van der Waals surface area contributed by atoms with Crippen LogP contribution in [0.1, 0.15) is 29.3 Å². The Hall–Kier alpha value is -1.37. The number of hydrogen-bond acceptors (Lipinski definition) is 4. The molecule has 0 aliphatic carbocycles. The van der Waals surface area contributed by atoms with Gasteiger partial charge in [-0.15, -0.1) is 12.4 Å². The monoisotopic (exact) mass is 471 g/mol. The fraction of sp³-hybridized carbons (Fsp3) is 0.333. The van der Waals surface area contributed by atoms with E-state index in [1.165, 1.54) is 16.9 Å². The zero-order valence-corrected chi connectivity index (χ0v) is 19.8. The minimum Gasteiger partial charge on any atom is -0.309 e. The second-order valence-electron chi connectivity index (χ2n) is 6.89. The summed E-state index contributed by atoms with van der Waals surface area (Å²) in [6, 6.07) is 11.2. The van der Waals surface area contributed by atoms with Gasteiger partial charge in [-0.2, -0.15) is 0 Å². The number of amides is 1. The highest BCUT2D eigenvalue weighted by molar-refractivity contribution is 7.22. The Balaban J connectivity index is 0.00000300. The molecule has 1 aromatic heterocycles. The van der Waals surface area contributed by atoms with Crippen LogP contribution < -0.4 is 4.90 Å². The maximum absolute atomic E-state index is 13.3. The minimum atomic E-state index is -0.157. The zero-order chi connectivity index (χ0) is 20.3. The highest BCUT2D eigenvalue weighted by Crippen LogP contribution is 2.32. The van der Waals surface area contributed by atoms with Crippen molar-refractivity contribution in [2.24, 2.45) is 0 Å². The largest absolute Gasteiger partial charge is 0.309 e. The minimum absolute atomic E-state index is 0. The number of aryl methyl sites for hydroxylation is 1. The molecule has 4 nitrogen and oxygen atoms in total. The average molecular weight is 473 g/mol. The van der Waals surface area contributed by atoms with Crippen LogP contribution in [0.15, 0.2) is 36.4 Å². The smallest absolute Gasteiger partial charge is 0.261 e. The van der Waals surface area contributed by atoms with Crippen molar-refractivity contribution < 1.29 is 4.79 Å². The highest BCUT2D eigenvalue weighted by Gasteiger charge is 2.23. The Bertz CT molecular complexity index is 990. The summed E-state index contributed by atoms with van der Waals surface area (Å²) in [5, 5.41) is 1.55. The molecule has 1 amide bonds. The van der Waals surface area contributed by atoms with E-state index < -0.39 is 0 Å². The standard InChI is InChI=1S/C21H23Cl2N3OS.ClH/c1-4-14-6-9-18-19(12-14)28-21(24-18)26(11-5-10-25(2)3)20(27)16-8-7-15(22)13-17(16)23;/h6-9,12-13H,4-5,10-11H2,1-3H3;1H. The summed E-state index contributed by atoms with van der Waals surface area (Å²) in [7, 11) is 4.04. The molecule has 0 bridgehead atoms. The van der Waals surface area contributed by atoms with Crippen molar-refractivity contribution in [1.82, 2.24) is 9.88 Å². The van der Waals surface area contributed by atoms with Crippen molar-refractivity contribution in [2.45, 2.75) is 19.8 Å². The van der Waals surface area contributed by atoms with E-state index in [4.69, 9.17) is 28.2 Å². The predicted octanol–water partition coefficient (Wildman–Crippen LogP) is 6.19. The molecule has 0 unspecified atom stereocenters. The van der Waals surface area contributed by atoms with Crippen molar-refractivity contribution in [3.05, 3.63) is 57.6 Å². The molecule has 0 N–H and O–H groups in total. The molecule has 3 aromatic rings. The van der Waals surface area contributed by atoms with E-state index in [0.29, 0.717) is 27.3 Å². The number of anilines is 1. The topological polar surface area (TPSA) is 36.4 Å². The summed E-state index contributed by atoms with van der Waals surface area (Å²) >= 11 is 13.8. The molecule has 0 aliphatic rings. The number of hydrogen-bond donors (Lipinski definition) is 0. The molecule has 2 aromatic carbocycles. The van der Waals surface area contributed by atoms with Crippen LogP contribution in [-0.4, -0.2) is 43.0 Å². The lowest BCUT2D eigenvalue weighted by atomic mass is 10.2. The first-order chi connectivity index (χ1) is 13.4. The summed E-state index contributed by atoms with van der Waals surface area (Å²) in [5.74, 6) is -0.157. The van der Waals surface area contributed by atoms with Crippen molar-refractivity contribution in [1.29, 1.82) is 0 Å². The van der Waals surface area contributed by atoms with E-state index in [9.17, 15) is 4.79 Å². The molecule has 1 heterocycles. The van der Waals surface area contributed by atoms with Gasteiger partial charge in [-0.1, -0.05) is 47.5 Å². The molecule has 29 heavy (non-hydrogen) atoms. The number of carbonyl (C=O) groups is 1. The molecule has 3 rings (SSSR count). The molecule has 0 saturated carbocycles. The Labute approximate surface area is 191 Å². The number of rotatable bonds is 7. The zero-order valence-electron chi connectivity index (χ0n) is 16.6. The lowest BCUT2D eigenvalue weighted by molar-refractivity contribution is 0.0986. The van der Waals surface area contributed by atoms with Crippen LogP contribution in [0.3, 0.4) is 0 Å². The van der Waals surface area contributed by atoms with Crippen molar-refractivity contribution in [2.75, 3.05) is 32.1 Å². The van der Waals surface area contributed by atoms with Gasteiger partial charge >= 0.3 is 0 Å². The van der Waals surface area contributed by atoms with Gasteiger partial charge in [0.2, 0.25) is 0 Å². The van der Waals surface area contributed by atoms with Gasteiger partial charge in [0.05, 0.1) is 20.8 Å². The Kier molecular flexibility index (Phi) is 8.73. The lowest BCUT2D eigenvalue weighted by Crippen LogP contribution is -2.33. The first-order valence-corrected chi connectivity index (χ1v) is 10.8. The van der Waals surface area contributed by atoms with Gasteiger partial charge in [-0.25, -0.2) is 4.98 Å². The second-order valence-corrected chi connectivity index (χ2v) is 8.74. The van der Waals surface area contributed by atoms with E-state index >= 15 is 0 Å². The molecule has 156 valence electrons. The third-order valence-corrected chi connectivity index (χ3v) is 6.06. The molecule has 0 fully saturated rings. The van der Waals surface area contributed by atoms with Crippen molar-refractivity contribution in [3.8, 4) is 0 Å². The Morgan fingerprint density at radius 1 is 1.10 bits per heavy atom. The maximum Gasteiger partial charge on any atom is 0.261 e. The van der Waals surface area contributed by atoms with Crippen LogP contribution in [0.4, 0.5) is 5.13 Å². The number of aromatic nitrogens is 1. The summed E-state index contributed by atoms with van der Waals surface area (Å²) in [6.45, 7) is 3.57. The Morgan fingerprint density at radius 2 is 1.86 bits per heavy atom. The summed E-state index contributed by atoms with van der Waals surface area (Å²) in [6.07, 6.45) is 1.80. The molecule has 0 radical (unpaired) electrons. The number of thiazole rings is 1. The number of benzene rings is 2. The number of carbonyl (C=O) groups excluding carboxylic acids is 1. The van der Waals surface area contributed by atoms with E-state index in [0.717, 1.165) is 29.6 Å². The van der Waals surface area contributed by atoms with Gasteiger partial charge in [0.25, 0.3) is 5.91 Å². The predicted molar refractivity (Wildman–Crippen MR) is 128 cm³/mol. The molecular formula is C21H24Cl3N3OS. The number of nitrogens with zero attached hydrogens (tertiary/aromatic N) is 3. The SMILES string of the molecule is CCc1ccc2nc(N(CCCN(C)C)C(=O)c3ccc(Cl)cc3Cl)sc2c1.Cl.